The van der Waals surface area contributed by atoms with Crippen LogP contribution in [0.5, 0.6) is 0 Å². The predicted molar refractivity (Wildman–Crippen MR) is 66.1 cm³/mol. The third kappa shape index (κ3) is 2.94. The molecule has 0 unspecified atom stereocenters. The van der Waals surface area contributed by atoms with Crippen LogP contribution in [-0.2, 0) is 6.54 Å². The Labute approximate surface area is 100 Å². The predicted octanol–water partition coefficient (Wildman–Crippen LogP) is 3.59. The molecule has 0 aliphatic rings. The molecule has 1 N–H and O–H groups in total. The summed E-state index contributed by atoms with van der Waals surface area (Å²) in [5.74, 6) is 0.466. The Kier molecular flexibility index (Phi) is 3.94. The second kappa shape index (κ2) is 5.64. The van der Waals surface area contributed by atoms with Gasteiger partial charge in [0.15, 0.2) is 0 Å². The fourth-order valence-corrected chi connectivity index (χ4v) is 1.76. The Morgan fingerprint density at radius 2 is 2.18 bits per heavy atom. The molecule has 0 spiro atoms. The van der Waals surface area contributed by atoms with Crippen LogP contribution < -0.4 is 5.32 Å². The van der Waals surface area contributed by atoms with E-state index in [4.69, 9.17) is 4.42 Å². The van der Waals surface area contributed by atoms with E-state index in [0.717, 1.165) is 30.6 Å². The molecule has 0 saturated heterocycles. The maximum absolute atomic E-state index is 13.3. The van der Waals surface area contributed by atoms with Crippen molar-refractivity contribution >= 4 is 0 Å². The van der Waals surface area contributed by atoms with Gasteiger partial charge in [-0.2, -0.15) is 0 Å². The van der Waals surface area contributed by atoms with Crippen molar-refractivity contribution in [2.24, 2.45) is 0 Å². The summed E-state index contributed by atoms with van der Waals surface area (Å²) in [6.45, 7) is 3.80. The SMILES string of the molecule is CCCNCc1ccc(F)cc1-c1ccco1. The van der Waals surface area contributed by atoms with Crippen molar-refractivity contribution < 1.29 is 8.81 Å². The minimum Gasteiger partial charge on any atom is -0.464 e. The van der Waals surface area contributed by atoms with E-state index in [1.54, 1.807) is 12.3 Å². The molecule has 0 fully saturated rings. The molecule has 0 atom stereocenters. The highest BCUT2D eigenvalue weighted by Crippen LogP contribution is 2.25. The summed E-state index contributed by atoms with van der Waals surface area (Å²) in [6, 6.07) is 8.45. The molecule has 2 nitrogen and oxygen atoms in total. The number of nitrogens with one attached hydrogen (secondary N) is 1. The van der Waals surface area contributed by atoms with E-state index in [0.29, 0.717) is 5.76 Å². The fraction of sp³-hybridized carbons (Fsp3) is 0.286. The lowest BCUT2D eigenvalue weighted by Gasteiger charge is -2.08. The van der Waals surface area contributed by atoms with E-state index < -0.39 is 0 Å². The van der Waals surface area contributed by atoms with Gasteiger partial charge in [0.25, 0.3) is 0 Å². The number of hydrogen-bond donors (Lipinski definition) is 1. The highest BCUT2D eigenvalue weighted by atomic mass is 19.1. The highest BCUT2D eigenvalue weighted by molar-refractivity contribution is 5.62. The van der Waals surface area contributed by atoms with E-state index in [1.807, 2.05) is 12.1 Å². The Hall–Kier alpha value is -1.61. The van der Waals surface area contributed by atoms with Crippen LogP contribution in [0.3, 0.4) is 0 Å². The van der Waals surface area contributed by atoms with Crippen molar-refractivity contribution in [3.8, 4) is 11.3 Å². The lowest BCUT2D eigenvalue weighted by Crippen LogP contribution is -2.14. The molecule has 0 aliphatic carbocycles. The van der Waals surface area contributed by atoms with Gasteiger partial charge < -0.3 is 9.73 Å². The molecule has 3 heteroatoms. The van der Waals surface area contributed by atoms with Crippen LogP contribution in [0, 0.1) is 5.82 Å². The van der Waals surface area contributed by atoms with Crippen LogP contribution >= 0.6 is 0 Å². The van der Waals surface area contributed by atoms with Crippen molar-refractivity contribution in [2.75, 3.05) is 6.54 Å². The van der Waals surface area contributed by atoms with Crippen LogP contribution in [0.1, 0.15) is 18.9 Å². The van der Waals surface area contributed by atoms with Gasteiger partial charge in [0, 0.05) is 12.1 Å². The van der Waals surface area contributed by atoms with Crippen molar-refractivity contribution in [1.29, 1.82) is 0 Å². The molecule has 0 saturated carbocycles. The van der Waals surface area contributed by atoms with Gasteiger partial charge in [-0.1, -0.05) is 13.0 Å². The first-order valence-electron chi connectivity index (χ1n) is 5.84. The van der Waals surface area contributed by atoms with Crippen LogP contribution in [-0.4, -0.2) is 6.54 Å². The van der Waals surface area contributed by atoms with Crippen LogP contribution in [0.2, 0.25) is 0 Å². The maximum atomic E-state index is 13.3. The van der Waals surface area contributed by atoms with Crippen LogP contribution in [0.15, 0.2) is 41.0 Å². The topological polar surface area (TPSA) is 25.2 Å². The number of furan rings is 1. The molecule has 2 rings (SSSR count). The number of benzene rings is 1. The van der Waals surface area contributed by atoms with E-state index >= 15 is 0 Å². The normalized spacial score (nSPS) is 10.7. The number of rotatable bonds is 5. The molecule has 0 radical (unpaired) electrons. The molecular formula is C14H16FNO. The summed E-state index contributed by atoms with van der Waals surface area (Å²) in [6.07, 6.45) is 2.68. The van der Waals surface area contributed by atoms with Gasteiger partial charge >= 0.3 is 0 Å². The zero-order valence-corrected chi connectivity index (χ0v) is 9.87. The molecular weight excluding hydrogens is 217 g/mol. The summed E-state index contributed by atoms with van der Waals surface area (Å²) in [4.78, 5) is 0. The third-order valence-corrected chi connectivity index (χ3v) is 2.60. The first-order chi connectivity index (χ1) is 8.31. The zero-order chi connectivity index (χ0) is 12.1. The summed E-state index contributed by atoms with van der Waals surface area (Å²) < 4.78 is 18.6. The average Bonchev–Trinajstić information content (AvgIpc) is 2.85. The Morgan fingerprint density at radius 1 is 1.29 bits per heavy atom. The lowest BCUT2D eigenvalue weighted by atomic mass is 10.0. The summed E-state index contributed by atoms with van der Waals surface area (Å²) >= 11 is 0. The van der Waals surface area contributed by atoms with Gasteiger partial charge in [0.05, 0.1) is 6.26 Å². The minimum absolute atomic E-state index is 0.240. The average molecular weight is 233 g/mol. The number of hydrogen-bond acceptors (Lipinski definition) is 2. The smallest absolute Gasteiger partial charge is 0.134 e. The summed E-state index contributed by atoms with van der Waals surface area (Å²) in [5.41, 5.74) is 1.87. The zero-order valence-electron chi connectivity index (χ0n) is 9.87. The second-order valence-corrected chi connectivity index (χ2v) is 3.96. The largest absolute Gasteiger partial charge is 0.464 e. The van der Waals surface area contributed by atoms with Gasteiger partial charge in [-0.05, 0) is 42.8 Å². The molecule has 90 valence electrons. The molecule has 0 bridgehead atoms. The van der Waals surface area contributed by atoms with Gasteiger partial charge in [-0.15, -0.1) is 0 Å². The Bertz CT molecular complexity index is 465. The lowest BCUT2D eigenvalue weighted by molar-refractivity contribution is 0.577. The van der Waals surface area contributed by atoms with Gasteiger partial charge in [-0.25, -0.2) is 4.39 Å². The van der Waals surface area contributed by atoms with Crippen molar-refractivity contribution in [2.45, 2.75) is 19.9 Å². The van der Waals surface area contributed by atoms with Crippen LogP contribution in [0.25, 0.3) is 11.3 Å². The standard InChI is InChI=1S/C14H16FNO/c1-2-7-16-10-11-5-6-12(15)9-13(11)14-4-3-8-17-14/h3-6,8-9,16H,2,7,10H2,1H3. The molecule has 2 aromatic rings. The third-order valence-electron chi connectivity index (χ3n) is 2.60. The van der Waals surface area contributed by atoms with E-state index in [2.05, 4.69) is 12.2 Å². The first-order valence-corrected chi connectivity index (χ1v) is 5.84. The van der Waals surface area contributed by atoms with Gasteiger partial charge in [0.2, 0.25) is 0 Å². The van der Waals surface area contributed by atoms with E-state index in [9.17, 15) is 4.39 Å². The van der Waals surface area contributed by atoms with Gasteiger partial charge in [0.1, 0.15) is 11.6 Å². The Balaban J connectivity index is 2.25. The molecule has 0 aliphatic heterocycles. The molecule has 1 aromatic heterocycles. The van der Waals surface area contributed by atoms with E-state index in [1.165, 1.54) is 12.1 Å². The summed E-state index contributed by atoms with van der Waals surface area (Å²) in [7, 11) is 0. The maximum Gasteiger partial charge on any atom is 0.134 e. The molecule has 0 amide bonds. The highest BCUT2D eigenvalue weighted by Gasteiger charge is 2.08. The minimum atomic E-state index is -0.240. The Morgan fingerprint density at radius 3 is 2.88 bits per heavy atom. The fourth-order valence-electron chi connectivity index (χ4n) is 1.76. The quantitative estimate of drug-likeness (QED) is 0.798. The number of halogens is 1. The van der Waals surface area contributed by atoms with E-state index in [-0.39, 0.29) is 5.82 Å². The monoisotopic (exact) mass is 233 g/mol. The van der Waals surface area contributed by atoms with Crippen molar-refractivity contribution in [1.82, 2.24) is 5.32 Å². The second-order valence-electron chi connectivity index (χ2n) is 3.96. The summed E-state index contributed by atoms with van der Waals surface area (Å²) in [5, 5.41) is 3.31. The van der Waals surface area contributed by atoms with Gasteiger partial charge in [-0.3, -0.25) is 0 Å². The molecule has 1 aromatic carbocycles. The van der Waals surface area contributed by atoms with Crippen molar-refractivity contribution in [3.63, 3.8) is 0 Å². The van der Waals surface area contributed by atoms with Crippen molar-refractivity contribution in [3.05, 3.63) is 48.0 Å². The van der Waals surface area contributed by atoms with Crippen LogP contribution in [0.4, 0.5) is 4.39 Å². The molecule has 17 heavy (non-hydrogen) atoms. The first kappa shape index (κ1) is 11.9. The molecule has 1 heterocycles.